The van der Waals surface area contributed by atoms with Crippen LogP contribution in [0.2, 0.25) is 0 Å². The largest absolute Gasteiger partial charge is 0.388 e. The summed E-state index contributed by atoms with van der Waals surface area (Å²) in [6.07, 6.45) is 2.25. The third-order valence-electron chi connectivity index (χ3n) is 3.77. The van der Waals surface area contributed by atoms with Gasteiger partial charge in [-0.25, -0.2) is 0 Å². The number of benzene rings is 2. The van der Waals surface area contributed by atoms with Gasteiger partial charge >= 0.3 is 0 Å². The molecule has 0 amide bonds. The highest BCUT2D eigenvalue weighted by Gasteiger charge is 2.01. The van der Waals surface area contributed by atoms with Gasteiger partial charge in [0.1, 0.15) is 0 Å². The van der Waals surface area contributed by atoms with E-state index in [1.54, 1.807) is 0 Å². The highest BCUT2D eigenvalue weighted by Crippen LogP contribution is 2.23. The average Bonchev–Trinajstić information content (AvgIpc) is 2.49. The summed E-state index contributed by atoms with van der Waals surface area (Å²) in [7, 11) is 1.93. The molecule has 1 heteroatoms. The molecule has 0 aliphatic rings. The van der Waals surface area contributed by atoms with Crippen molar-refractivity contribution in [3.8, 4) is 0 Å². The van der Waals surface area contributed by atoms with Crippen molar-refractivity contribution in [1.29, 1.82) is 0 Å². The van der Waals surface area contributed by atoms with Crippen LogP contribution >= 0.6 is 0 Å². The Morgan fingerprint density at radius 2 is 1.62 bits per heavy atom. The monoisotopic (exact) mass is 277 g/mol. The van der Waals surface area contributed by atoms with E-state index in [2.05, 4.69) is 74.3 Å². The van der Waals surface area contributed by atoms with E-state index < -0.39 is 0 Å². The van der Waals surface area contributed by atoms with Crippen molar-refractivity contribution >= 4 is 22.9 Å². The van der Waals surface area contributed by atoms with Crippen LogP contribution in [-0.2, 0) is 0 Å². The van der Waals surface area contributed by atoms with Gasteiger partial charge in [-0.05, 0) is 66.8 Å². The van der Waals surface area contributed by atoms with E-state index in [1.807, 2.05) is 14.0 Å². The molecule has 0 spiro atoms. The van der Waals surface area contributed by atoms with E-state index in [0.717, 1.165) is 11.3 Å². The maximum atomic E-state index is 4.02. The first-order valence-corrected chi connectivity index (χ1v) is 7.24. The van der Waals surface area contributed by atoms with Crippen molar-refractivity contribution < 1.29 is 0 Å². The second-order valence-corrected chi connectivity index (χ2v) is 5.51. The zero-order valence-electron chi connectivity index (χ0n) is 13.3. The number of rotatable bonds is 4. The molecule has 0 aliphatic heterocycles. The smallest absolute Gasteiger partial charge is 0.0337 e. The van der Waals surface area contributed by atoms with Gasteiger partial charge in [0.15, 0.2) is 0 Å². The first-order valence-electron chi connectivity index (χ1n) is 7.24. The van der Waals surface area contributed by atoms with E-state index in [-0.39, 0.29) is 0 Å². The number of hydrogen-bond donors (Lipinski definition) is 1. The third kappa shape index (κ3) is 3.63. The van der Waals surface area contributed by atoms with Crippen molar-refractivity contribution in [2.75, 3.05) is 12.4 Å². The minimum atomic E-state index is 1.10. The summed E-state index contributed by atoms with van der Waals surface area (Å²) in [4.78, 5) is 0. The van der Waals surface area contributed by atoms with E-state index in [4.69, 9.17) is 0 Å². The second-order valence-electron chi connectivity index (χ2n) is 5.51. The van der Waals surface area contributed by atoms with Crippen LogP contribution in [0.3, 0.4) is 0 Å². The van der Waals surface area contributed by atoms with E-state index in [1.165, 1.54) is 27.8 Å². The van der Waals surface area contributed by atoms with Crippen LogP contribution < -0.4 is 5.32 Å². The summed E-state index contributed by atoms with van der Waals surface area (Å²) < 4.78 is 0. The quantitative estimate of drug-likeness (QED) is 0.714. The summed E-state index contributed by atoms with van der Waals surface area (Å²) in [5.41, 5.74) is 8.48. The summed E-state index contributed by atoms with van der Waals surface area (Å²) in [5, 5.41) is 3.14. The molecule has 0 atom stereocenters. The van der Waals surface area contributed by atoms with Gasteiger partial charge in [0, 0.05) is 12.7 Å². The lowest BCUT2D eigenvalue weighted by Gasteiger charge is -2.08. The maximum Gasteiger partial charge on any atom is 0.0337 e. The Bertz CT molecular complexity index is 675. The minimum absolute atomic E-state index is 1.10. The fraction of sp³-hybridized carbons (Fsp3) is 0.200. The topological polar surface area (TPSA) is 12.0 Å². The molecule has 0 bridgehead atoms. The van der Waals surface area contributed by atoms with Gasteiger partial charge in [0.25, 0.3) is 0 Å². The van der Waals surface area contributed by atoms with Gasteiger partial charge in [-0.3, -0.25) is 0 Å². The lowest BCUT2D eigenvalue weighted by molar-refractivity contribution is 1.41. The molecule has 0 unspecified atom stereocenters. The normalized spacial score (nSPS) is 11.3. The number of aryl methyl sites for hydroxylation is 1. The van der Waals surface area contributed by atoms with Crippen molar-refractivity contribution in [1.82, 2.24) is 0 Å². The van der Waals surface area contributed by atoms with Crippen LogP contribution in [0.25, 0.3) is 17.2 Å². The van der Waals surface area contributed by atoms with Gasteiger partial charge in [-0.15, -0.1) is 0 Å². The van der Waals surface area contributed by atoms with Gasteiger partial charge in [0.2, 0.25) is 0 Å². The molecule has 0 fully saturated rings. The van der Waals surface area contributed by atoms with Crippen molar-refractivity contribution in [3.05, 3.63) is 71.3 Å². The molecule has 0 aromatic heterocycles. The number of nitrogens with one attached hydrogen (secondary N) is 1. The SMILES string of the molecule is C=C(C)c1ccc(C)c(/C=C(\C)c2ccc(NC)cc2)c1. The molecule has 0 aliphatic carbocycles. The number of allylic oxidation sites excluding steroid dienone is 2. The van der Waals surface area contributed by atoms with Gasteiger partial charge < -0.3 is 5.32 Å². The van der Waals surface area contributed by atoms with Crippen LogP contribution in [-0.4, -0.2) is 7.05 Å². The molecule has 1 N–H and O–H groups in total. The molecule has 1 nitrogen and oxygen atoms in total. The van der Waals surface area contributed by atoms with E-state index in [9.17, 15) is 0 Å². The lowest BCUT2D eigenvalue weighted by atomic mass is 9.98. The standard InChI is InChI=1S/C20H23N/c1-14(2)18-7-6-15(3)19(13-18)12-16(4)17-8-10-20(21-5)11-9-17/h6-13,21H,1H2,2-5H3/b16-12+. The Morgan fingerprint density at radius 1 is 1.00 bits per heavy atom. The van der Waals surface area contributed by atoms with Crippen LogP contribution in [0.4, 0.5) is 5.69 Å². The Balaban J connectivity index is 2.37. The summed E-state index contributed by atoms with van der Waals surface area (Å²) in [6, 6.07) is 15.0. The molecule has 21 heavy (non-hydrogen) atoms. The Hall–Kier alpha value is -2.28. The highest BCUT2D eigenvalue weighted by molar-refractivity contribution is 5.82. The molecule has 2 rings (SSSR count). The van der Waals surface area contributed by atoms with E-state index >= 15 is 0 Å². The molecule has 2 aromatic carbocycles. The van der Waals surface area contributed by atoms with Gasteiger partial charge in [-0.2, -0.15) is 0 Å². The molecule has 2 aromatic rings. The van der Waals surface area contributed by atoms with Crippen molar-refractivity contribution in [2.24, 2.45) is 0 Å². The van der Waals surface area contributed by atoms with Crippen LogP contribution in [0.15, 0.2) is 49.0 Å². The fourth-order valence-electron chi connectivity index (χ4n) is 2.28. The molecular formula is C20H23N. The molecular weight excluding hydrogens is 254 g/mol. The maximum absolute atomic E-state index is 4.02. The Kier molecular flexibility index (Phi) is 4.64. The second kappa shape index (κ2) is 6.45. The molecule has 0 radical (unpaired) electrons. The van der Waals surface area contributed by atoms with Gasteiger partial charge in [0.05, 0.1) is 0 Å². The van der Waals surface area contributed by atoms with Crippen molar-refractivity contribution in [3.63, 3.8) is 0 Å². The van der Waals surface area contributed by atoms with E-state index in [0.29, 0.717) is 0 Å². The predicted molar refractivity (Wildman–Crippen MR) is 95.4 cm³/mol. The Labute approximate surface area is 128 Å². The first kappa shape index (κ1) is 15.1. The third-order valence-corrected chi connectivity index (χ3v) is 3.77. The highest BCUT2D eigenvalue weighted by atomic mass is 14.8. The first-order chi connectivity index (χ1) is 10.0. The lowest BCUT2D eigenvalue weighted by Crippen LogP contribution is -1.89. The predicted octanol–water partition coefficient (Wildman–Crippen LogP) is 5.63. The van der Waals surface area contributed by atoms with Crippen molar-refractivity contribution in [2.45, 2.75) is 20.8 Å². The molecule has 0 saturated carbocycles. The van der Waals surface area contributed by atoms with Crippen LogP contribution in [0.5, 0.6) is 0 Å². The summed E-state index contributed by atoms with van der Waals surface area (Å²) in [6.45, 7) is 10.4. The van der Waals surface area contributed by atoms with Gasteiger partial charge in [-0.1, -0.05) is 42.5 Å². The minimum Gasteiger partial charge on any atom is -0.388 e. The fourth-order valence-corrected chi connectivity index (χ4v) is 2.28. The molecule has 0 saturated heterocycles. The Morgan fingerprint density at radius 3 is 2.19 bits per heavy atom. The number of anilines is 1. The summed E-state index contributed by atoms with van der Waals surface area (Å²) in [5.74, 6) is 0. The number of hydrogen-bond acceptors (Lipinski definition) is 1. The zero-order valence-corrected chi connectivity index (χ0v) is 13.3. The van der Waals surface area contributed by atoms with Crippen LogP contribution in [0, 0.1) is 6.92 Å². The zero-order chi connectivity index (χ0) is 15.4. The average molecular weight is 277 g/mol. The summed E-state index contributed by atoms with van der Waals surface area (Å²) >= 11 is 0. The molecule has 0 heterocycles. The molecule has 108 valence electrons. The van der Waals surface area contributed by atoms with Crippen LogP contribution in [0.1, 0.15) is 36.1 Å².